The first-order chi connectivity index (χ1) is 15.1. The van der Waals surface area contributed by atoms with Crippen LogP contribution in [0.3, 0.4) is 0 Å². The lowest BCUT2D eigenvalue weighted by Gasteiger charge is -2.14. The molecule has 2 aromatic carbocycles. The van der Waals surface area contributed by atoms with Gasteiger partial charge in [0.1, 0.15) is 5.82 Å². The van der Waals surface area contributed by atoms with Crippen LogP contribution in [0.5, 0.6) is 5.88 Å². The molecule has 0 radical (unpaired) electrons. The average Bonchev–Trinajstić information content (AvgIpc) is 3.34. The van der Waals surface area contributed by atoms with Gasteiger partial charge >= 0.3 is 0 Å². The Balaban J connectivity index is 1.66. The second-order valence-corrected chi connectivity index (χ2v) is 7.45. The molecule has 0 amide bonds. The van der Waals surface area contributed by atoms with Gasteiger partial charge in [-0.25, -0.2) is 0 Å². The minimum Gasteiger partial charge on any atom is -0.493 e. The normalized spacial score (nSPS) is 11.0. The third-order valence-corrected chi connectivity index (χ3v) is 5.32. The highest BCUT2D eigenvalue weighted by molar-refractivity contribution is 5.80. The van der Waals surface area contributed by atoms with Crippen molar-refractivity contribution in [3.05, 3.63) is 75.8 Å². The zero-order chi connectivity index (χ0) is 21.8. The highest BCUT2D eigenvalue weighted by Crippen LogP contribution is 2.29. The van der Waals surface area contributed by atoms with E-state index < -0.39 is 0 Å². The number of H-pyrrole nitrogens is 1. The summed E-state index contributed by atoms with van der Waals surface area (Å²) in [6.45, 7) is 4.09. The zero-order valence-electron chi connectivity index (χ0n) is 17.5. The Morgan fingerprint density at radius 3 is 2.48 bits per heavy atom. The lowest BCUT2D eigenvalue weighted by atomic mass is 9.98. The summed E-state index contributed by atoms with van der Waals surface area (Å²) in [6.07, 6.45) is 2.54. The Morgan fingerprint density at radius 2 is 1.81 bits per heavy atom. The lowest BCUT2D eigenvalue weighted by molar-refractivity contribution is 0.434. The van der Waals surface area contributed by atoms with Crippen molar-refractivity contribution in [3.8, 4) is 28.4 Å². The molecular formula is C23H24N6O2. The van der Waals surface area contributed by atoms with Crippen molar-refractivity contribution in [3.63, 3.8) is 0 Å². The Labute approximate surface area is 179 Å². The number of aromatic nitrogens is 6. The van der Waals surface area contributed by atoms with E-state index in [-0.39, 0.29) is 17.0 Å². The monoisotopic (exact) mass is 416 g/mol. The van der Waals surface area contributed by atoms with Crippen LogP contribution in [-0.2, 0) is 13.0 Å². The van der Waals surface area contributed by atoms with Crippen molar-refractivity contribution in [1.29, 1.82) is 0 Å². The predicted molar refractivity (Wildman–Crippen MR) is 118 cm³/mol. The Morgan fingerprint density at radius 1 is 1.06 bits per heavy atom. The van der Waals surface area contributed by atoms with E-state index in [1.807, 2.05) is 48.5 Å². The summed E-state index contributed by atoms with van der Waals surface area (Å²) in [4.78, 5) is 17.1. The van der Waals surface area contributed by atoms with Crippen LogP contribution >= 0.6 is 0 Å². The largest absolute Gasteiger partial charge is 0.493 e. The first kappa shape index (κ1) is 20.5. The molecule has 2 heterocycles. The Bertz CT molecular complexity index is 1230. The molecular weight excluding hydrogens is 392 g/mol. The van der Waals surface area contributed by atoms with Gasteiger partial charge in [-0.2, -0.15) is 10.2 Å². The van der Waals surface area contributed by atoms with Gasteiger partial charge in [-0.1, -0.05) is 61.9 Å². The first-order valence-electron chi connectivity index (χ1n) is 10.3. The third kappa shape index (κ3) is 4.23. The summed E-state index contributed by atoms with van der Waals surface area (Å²) in [5.41, 5.74) is 3.95. The number of unbranched alkanes of at least 4 members (excludes halogenated alkanes) is 1. The van der Waals surface area contributed by atoms with Crippen LogP contribution in [0, 0.1) is 6.92 Å². The molecule has 158 valence electrons. The van der Waals surface area contributed by atoms with Gasteiger partial charge in [0.15, 0.2) is 0 Å². The zero-order valence-corrected chi connectivity index (χ0v) is 17.5. The van der Waals surface area contributed by atoms with Gasteiger partial charge in [0.05, 0.1) is 12.1 Å². The fourth-order valence-electron chi connectivity index (χ4n) is 3.55. The molecule has 4 rings (SSSR count). The predicted octanol–water partition coefficient (Wildman–Crippen LogP) is 3.50. The number of nitrogens with one attached hydrogen (secondary N) is 1. The second kappa shape index (κ2) is 8.91. The Hall–Kier alpha value is -3.81. The van der Waals surface area contributed by atoms with Gasteiger partial charge in [-0.15, -0.1) is 10.2 Å². The topological polar surface area (TPSA) is 110 Å². The third-order valence-electron chi connectivity index (χ3n) is 5.32. The van der Waals surface area contributed by atoms with Crippen molar-refractivity contribution >= 4 is 0 Å². The molecule has 0 unspecified atom stereocenters. The summed E-state index contributed by atoms with van der Waals surface area (Å²) in [5, 5.41) is 24.3. The van der Waals surface area contributed by atoms with Gasteiger partial charge in [0, 0.05) is 12.0 Å². The van der Waals surface area contributed by atoms with E-state index in [9.17, 15) is 9.90 Å². The van der Waals surface area contributed by atoms with Gasteiger partial charge < -0.3 is 5.11 Å². The van der Waals surface area contributed by atoms with Crippen molar-refractivity contribution in [1.82, 2.24) is 30.2 Å². The molecule has 2 aromatic heterocycles. The molecule has 31 heavy (non-hydrogen) atoms. The summed E-state index contributed by atoms with van der Waals surface area (Å²) in [5.74, 6) is 0.972. The summed E-state index contributed by atoms with van der Waals surface area (Å²) in [6, 6.07) is 15.9. The number of aromatic hydroxyl groups is 1. The van der Waals surface area contributed by atoms with Crippen LogP contribution < -0.4 is 5.56 Å². The van der Waals surface area contributed by atoms with E-state index in [4.69, 9.17) is 0 Å². The molecule has 4 aromatic rings. The molecule has 0 bridgehead atoms. The average molecular weight is 416 g/mol. The van der Waals surface area contributed by atoms with Crippen molar-refractivity contribution in [2.45, 2.75) is 39.7 Å². The SMILES string of the molecule is CCCCc1nc(O)c(C)c(=O)n1Cc1ccc(-c2ccccc2-c2nn[nH]n2)cc1. The molecule has 8 nitrogen and oxygen atoms in total. The van der Waals surface area contributed by atoms with Gasteiger partial charge in [0.25, 0.3) is 5.56 Å². The van der Waals surface area contributed by atoms with E-state index in [0.717, 1.165) is 35.1 Å². The first-order valence-corrected chi connectivity index (χ1v) is 10.3. The molecule has 0 spiro atoms. The maximum absolute atomic E-state index is 12.8. The molecule has 8 heteroatoms. The number of aryl methyl sites for hydroxylation is 1. The van der Waals surface area contributed by atoms with Crippen LogP contribution in [0.25, 0.3) is 22.5 Å². The van der Waals surface area contributed by atoms with E-state index in [1.165, 1.54) is 0 Å². The van der Waals surface area contributed by atoms with Crippen LogP contribution in [-0.4, -0.2) is 35.3 Å². The van der Waals surface area contributed by atoms with Crippen molar-refractivity contribution in [2.75, 3.05) is 0 Å². The van der Waals surface area contributed by atoms with Gasteiger partial charge in [0.2, 0.25) is 11.7 Å². The highest BCUT2D eigenvalue weighted by Gasteiger charge is 2.14. The number of nitrogens with zero attached hydrogens (tertiary/aromatic N) is 5. The standard InChI is InChI=1S/C23H24N6O2/c1-3-4-9-20-24-22(30)15(2)23(31)29(20)14-16-10-12-17(13-11-16)18-7-5-6-8-19(18)21-25-27-28-26-21/h5-8,10-13,30H,3-4,9,14H2,1-2H3,(H,25,26,27,28). The number of aromatic amines is 1. The van der Waals surface area contributed by atoms with Crippen LogP contribution in [0.2, 0.25) is 0 Å². The quantitative estimate of drug-likeness (QED) is 0.477. The maximum atomic E-state index is 12.8. The molecule has 2 N–H and O–H groups in total. The Kier molecular flexibility index (Phi) is 5.88. The fourth-order valence-corrected chi connectivity index (χ4v) is 3.55. The molecule has 0 aliphatic rings. The highest BCUT2D eigenvalue weighted by atomic mass is 16.3. The minimum atomic E-state index is -0.204. The smallest absolute Gasteiger partial charge is 0.260 e. The molecule has 0 atom stereocenters. The molecule has 0 aliphatic heterocycles. The van der Waals surface area contributed by atoms with Gasteiger partial charge in [-0.3, -0.25) is 9.36 Å². The minimum absolute atomic E-state index is 0.180. The fraction of sp³-hybridized carbons (Fsp3) is 0.261. The number of benzene rings is 2. The van der Waals surface area contributed by atoms with Crippen LogP contribution in [0.4, 0.5) is 0 Å². The summed E-state index contributed by atoms with van der Waals surface area (Å²) >= 11 is 0. The van der Waals surface area contributed by atoms with Crippen molar-refractivity contribution in [2.24, 2.45) is 0 Å². The number of tetrazole rings is 1. The van der Waals surface area contributed by atoms with Crippen LogP contribution in [0.1, 0.15) is 36.7 Å². The molecule has 0 fully saturated rings. The van der Waals surface area contributed by atoms with E-state index in [2.05, 4.69) is 32.5 Å². The molecule has 0 aliphatic carbocycles. The molecule has 0 saturated carbocycles. The summed E-state index contributed by atoms with van der Waals surface area (Å²) in [7, 11) is 0. The van der Waals surface area contributed by atoms with E-state index in [1.54, 1.807) is 11.5 Å². The van der Waals surface area contributed by atoms with Crippen molar-refractivity contribution < 1.29 is 5.11 Å². The number of hydrogen-bond donors (Lipinski definition) is 2. The lowest BCUT2D eigenvalue weighted by Crippen LogP contribution is -2.27. The summed E-state index contributed by atoms with van der Waals surface area (Å²) < 4.78 is 1.66. The van der Waals surface area contributed by atoms with E-state index >= 15 is 0 Å². The van der Waals surface area contributed by atoms with E-state index in [0.29, 0.717) is 24.6 Å². The molecule has 0 saturated heterocycles. The second-order valence-electron chi connectivity index (χ2n) is 7.45. The maximum Gasteiger partial charge on any atom is 0.260 e. The van der Waals surface area contributed by atoms with Gasteiger partial charge in [-0.05, 0) is 35.2 Å². The number of hydrogen-bond acceptors (Lipinski definition) is 6. The van der Waals surface area contributed by atoms with Crippen LogP contribution in [0.15, 0.2) is 53.3 Å². The number of rotatable bonds is 7.